The van der Waals surface area contributed by atoms with Gasteiger partial charge in [-0.1, -0.05) is 54.6 Å². The fourth-order valence-electron chi connectivity index (χ4n) is 5.38. The molecule has 2 aliphatic heterocycles. The number of ether oxygens (including phenoxy) is 1. The number of para-hydroxylation sites is 3. The van der Waals surface area contributed by atoms with E-state index in [1.54, 1.807) is 13.2 Å². The highest BCUT2D eigenvalue weighted by molar-refractivity contribution is 6.51. The number of halogens is 1. The third-order valence-corrected chi connectivity index (χ3v) is 7.17. The van der Waals surface area contributed by atoms with Gasteiger partial charge in [0.1, 0.15) is 11.6 Å². The SMILES string of the molecule is COc1cccc(NC2=Nc3ccccc3N3C2=Nc2c(c(C)nn2-c2ccccc2)C3c2ccccc2F)c1. The molecule has 0 aliphatic carbocycles. The molecule has 7 rings (SSSR count). The summed E-state index contributed by atoms with van der Waals surface area (Å²) in [6, 6.07) is 31.7. The molecule has 2 aliphatic rings. The quantitative estimate of drug-likeness (QED) is 0.270. The summed E-state index contributed by atoms with van der Waals surface area (Å²) in [5, 5.41) is 8.35. The number of nitrogens with one attached hydrogen (secondary N) is 1. The summed E-state index contributed by atoms with van der Waals surface area (Å²) in [6.07, 6.45) is 0. The van der Waals surface area contributed by atoms with Crippen LogP contribution in [-0.2, 0) is 0 Å². The van der Waals surface area contributed by atoms with Crippen LogP contribution in [0.5, 0.6) is 5.75 Å². The second-order valence-electron chi connectivity index (χ2n) is 9.61. The summed E-state index contributed by atoms with van der Waals surface area (Å²) in [7, 11) is 1.63. The zero-order valence-corrected chi connectivity index (χ0v) is 21.9. The molecule has 8 heteroatoms. The Morgan fingerprint density at radius 1 is 0.850 bits per heavy atom. The molecule has 0 saturated carbocycles. The molecule has 0 fully saturated rings. The lowest BCUT2D eigenvalue weighted by atomic mass is 9.93. The monoisotopic (exact) mass is 528 g/mol. The largest absolute Gasteiger partial charge is 0.497 e. The number of aromatic nitrogens is 2. The van der Waals surface area contributed by atoms with E-state index in [-0.39, 0.29) is 5.82 Å². The van der Waals surface area contributed by atoms with Gasteiger partial charge in [0.15, 0.2) is 17.5 Å². The molecule has 196 valence electrons. The first kappa shape index (κ1) is 23.8. The first-order chi connectivity index (χ1) is 19.6. The van der Waals surface area contributed by atoms with Gasteiger partial charge in [-0.3, -0.25) is 0 Å². The van der Waals surface area contributed by atoms with Crippen molar-refractivity contribution in [2.75, 3.05) is 17.3 Å². The van der Waals surface area contributed by atoms with Crippen LogP contribution in [0.2, 0.25) is 0 Å². The Hall–Kier alpha value is -5.24. The topological polar surface area (TPSA) is 67.0 Å². The summed E-state index contributed by atoms with van der Waals surface area (Å²) in [4.78, 5) is 12.2. The van der Waals surface area contributed by atoms with Gasteiger partial charge in [-0.05, 0) is 49.4 Å². The molecule has 1 unspecified atom stereocenters. The normalized spacial score (nSPS) is 15.4. The van der Waals surface area contributed by atoms with Crippen molar-refractivity contribution in [3.8, 4) is 11.4 Å². The van der Waals surface area contributed by atoms with Crippen LogP contribution in [0.4, 0.5) is 27.3 Å². The number of anilines is 2. The third-order valence-electron chi connectivity index (χ3n) is 7.17. The van der Waals surface area contributed by atoms with E-state index in [4.69, 9.17) is 19.8 Å². The van der Waals surface area contributed by atoms with Crippen LogP contribution in [0.1, 0.15) is 22.9 Å². The van der Waals surface area contributed by atoms with E-state index in [9.17, 15) is 0 Å². The highest BCUT2D eigenvalue weighted by Crippen LogP contribution is 2.48. The number of amidine groups is 2. The van der Waals surface area contributed by atoms with Crippen molar-refractivity contribution in [3.63, 3.8) is 0 Å². The van der Waals surface area contributed by atoms with E-state index in [1.807, 2.05) is 103 Å². The second-order valence-corrected chi connectivity index (χ2v) is 9.61. The van der Waals surface area contributed by atoms with Gasteiger partial charge in [-0.25, -0.2) is 19.1 Å². The van der Waals surface area contributed by atoms with Gasteiger partial charge < -0.3 is 15.0 Å². The zero-order chi connectivity index (χ0) is 27.2. The first-order valence-corrected chi connectivity index (χ1v) is 13.0. The van der Waals surface area contributed by atoms with Crippen LogP contribution in [0, 0.1) is 12.7 Å². The predicted molar refractivity (Wildman–Crippen MR) is 156 cm³/mol. The number of nitrogens with zero attached hydrogens (tertiary/aromatic N) is 5. The fraction of sp³-hybridized carbons (Fsp3) is 0.0938. The standard InChI is InChI=1S/C32H25FN6O/c1-20-28-29(24-15-6-7-16-25(24)33)38-27-18-9-8-17-26(27)35-30(34-21-11-10-14-23(19-21)40-2)32(38)36-31(28)39(37-20)22-12-4-3-5-13-22/h3-19,29H,1-2H3,(H,34,35). The van der Waals surface area contributed by atoms with Gasteiger partial charge in [0, 0.05) is 22.9 Å². The maximum atomic E-state index is 15.6. The minimum Gasteiger partial charge on any atom is -0.497 e. The average Bonchev–Trinajstić information content (AvgIpc) is 3.33. The maximum Gasteiger partial charge on any atom is 0.179 e. The number of rotatable bonds is 4. The van der Waals surface area contributed by atoms with Crippen LogP contribution in [-0.4, -0.2) is 28.6 Å². The number of hydrogen-bond acceptors (Lipinski definition) is 6. The van der Waals surface area contributed by atoms with E-state index in [2.05, 4.69) is 10.2 Å². The van der Waals surface area contributed by atoms with Gasteiger partial charge in [0.2, 0.25) is 0 Å². The van der Waals surface area contributed by atoms with E-state index in [0.29, 0.717) is 28.8 Å². The Kier molecular flexibility index (Phi) is 5.66. The molecule has 1 aromatic heterocycles. The smallest absolute Gasteiger partial charge is 0.179 e. The molecule has 1 atom stereocenters. The summed E-state index contributed by atoms with van der Waals surface area (Å²) >= 11 is 0. The van der Waals surface area contributed by atoms with Crippen molar-refractivity contribution in [2.45, 2.75) is 13.0 Å². The number of methoxy groups -OCH3 is 1. The molecule has 40 heavy (non-hydrogen) atoms. The lowest BCUT2D eigenvalue weighted by Gasteiger charge is -2.40. The maximum absolute atomic E-state index is 15.6. The minimum atomic E-state index is -0.528. The zero-order valence-electron chi connectivity index (χ0n) is 21.9. The summed E-state index contributed by atoms with van der Waals surface area (Å²) in [6.45, 7) is 1.95. The molecule has 4 aromatic carbocycles. The average molecular weight is 529 g/mol. The van der Waals surface area contributed by atoms with Crippen LogP contribution >= 0.6 is 0 Å². The lowest BCUT2D eigenvalue weighted by molar-refractivity contribution is 0.415. The summed E-state index contributed by atoms with van der Waals surface area (Å²) < 4.78 is 22.9. The molecule has 1 N–H and O–H groups in total. The summed E-state index contributed by atoms with van der Waals surface area (Å²) in [5.41, 5.74) is 5.40. The van der Waals surface area contributed by atoms with E-state index >= 15 is 4.39 Å². The molecule has 0 amide bonds. The number of aryl methyl sites for hydroxylation is 1. The lowest BCUT2D eigenvalue weighted by Crippen LogP contribution is -2.46. The first-order valence-electron chi connectivity index (χ1n) is 13.0. The number of hydrogen-bond donors (Lipinski definition) is 1. The molecule has 7 nitrogen and oxygen atoms in total. The highest BCUT2D eigenvalue weighted by Gasteiger charge is 2.42. The van der Waals surface area contributed by atoms with Crippen molar-refractivity contribution >= 4 is 34.6 Å². The Labute approximate surface area is 230 Å². The molecule has 5 aromatic rings. The molecule has 0 bridgehead atoms. The Morgan fingerprint density at radius 2 is 1.62 bits per heavy atom. The third kappa shape index (κ3) is 3.84. The highest BCUT2D eigenvalue weighted by atomic mass is 19.1. The molecular formula is C32H25FN6O. The molecule has 0 spiro atoms. The Bertz CT molecular complexity index is 1810. The van der Waals surface area contributed by atoms with Crippen molar-refractivity contribution in [1.82, 2.24) is 9.78 Å². The van der Waals surface area contributed by atoms with Crippen LogP contribution < -0.4 is 15.0 Å². The Balaban J connectivity index is 1.50. The number of aliphatic imine (C=N–C) groups is 2. The summed E-state index contributed by atoms with van der Waals surface area (Å²) in [5.74, 6) is 2.17. The van der Waals surface area contributed by atoms with Gasteiger partial charge in [-0.2, -0.15) is 5.10 Å². The number of fused-ring (bicyclic) bond motifs is 4. The fourth-order valence-corrected chi connectivity index (χ4v) is 5.38. The molecule has 0 radical (unpaired) electrons. The van der Waals surface area contributed by atoms with E-state index in [0.717, 1.165) is 34.0 Å². The number of benzene rings is 4. The van der Waals surface area contributed by atoms with Crippen LogP contribution in [0.15, 0.2) is 113 Å². The minimum absolute atomic E-state index is 0.297. The Morgan fingerprint density at radius 3 is 2.45 bits per heavy atom. The second kappa shape index (κ2) is 9.50. The molecule has 0 saturated heterocycles. The van der Waals surface area contributed by atoms with Gasteiger partial charge in [0.25, 0.3) is 0 Å². The van der Waals surface area contributed by atoms with Crippen LogP contribution in [0.25, 0.3) is 5.69 Å². The van der Waals surface area contributed by atoms with Crippen molar-refractivity contribution < 1.29 is 9.13 Å². The predicted octanol–water partition coefficient (Wildman–Crippen LogP) is 7.12. The van der Waals surface area contributed by atoms with Gasteiger partial charge in [-0.15, -0.1) is 0 Å². The molecule has 3 heterocycles. The van der Waals surface area contributed by atoms with Gasteiger partial charge in [0.05, 0.1) is 35.9 Å². The van der Waals surface area contributed by atoms with Crippen molar-refractivity contribution in [2.24, 2.45) is 9.98 Å². The van der Waals surface area contributed by atoms with Crippen LogP contribution in [0.3, 0.4) is 0 Å². The molecular weight excluding hydrogens is 503 g/mol. The van der Waals surface area contributed by atoms with Gasteiger partial charge >= 0.3 is 0 Å². The van der Waals surface area contributed by atoms with E-state index < -0.39 is 6.04 Å². The van der Waals surface area contributed by atoms with Crippen molar-refractivity contribution in [3.05, 3.63) is 126 Å². The van der Waals surface area contributed by atoms with E-state index in [1.165, 1.54) is 6.07 Å². The van der Waals surface area contributed by atoms with Crippen molar-refractivity contribution in [1.29, 1.82) is 0 Å².